The van der Waals surface area contributed by atoms with Crippen molar-refractivity contribution < 1.29 is 9.18 Å². The first-order valence-corrected chi connectivity index (χ1v) is 7.49. The van der Waals surface area contributed by atoms with E-state index >= 15 is 0 Å². The zero-order valence-corrected chi connectivity index (χ0v) is 12.3. The molecule has 1 N–H and O–H groups in total. The van der Waals surface area contributed by atoms with E-state index in [1.54, 1.807) is 42.0 Å². The molecular weight excluding hydrogens is 301 g/mol. The molecule has 0 unspecified atom stereocenters. The molecule has 0 atom stereocenters. The number of rotatable bonds is 4. The lowest BCUT2D eigenvalue weighted by Gasteiger charge is -2.01. The molecule has 0 saturated carbocycles. The molecule has 6 heteroatoms. The molecule has 1 aromatic carbocycles. The van der Waals surface area contributed by atoms with E-state index in [1.807, 2.05) is 6.07 Å². The number of halogens is 1. The maximum atomic E-state index is 13.7. The number of aromatic nitrogens is 2. The van der Waals surface area contributed by atoms with E-state index in [1.165, 1.54) is 17.4 Å². The molecule has 2 aromatic heterocycles. The van der Waals surface area contributed by atoms with Crippen molar-refractivity contribution >= 4 is 22.4 Å². The van der Waals surface area contributed by atoms with Crippen LogP contribution in [-0.4, -0.2) is 15.9 Å². The highest BCUT2D eigenvalue weighted by Gasteiger charge is 2.11. The Balaban J connectivity index is 1.70. The second kappa shape index (κ2) is 6.44. The number of pyridine rings is 1. The van der Waals surface area contributed by atoms with Crippen LogP contribution in [0, 0.1) is 5.82 Å². The summed E-state index contributed by atoms with van der Waals surface area (Å²) in [5.74, 6) is -0.511. The predicted molar refractivity (Wildman–Crippen MR) is 84.1 cm³/mol. The van der Waals surface area contributed by atoms with Gasteiger partial charge in [-0.25, -0.2) is 9.37 Å². The molecule has 110 valence electrons. The van der Waals surface area contributed by atoms with Crippen LogP contribution >= 0.6 is 11.3 Å². The maximum Gasteiger partial charge on any atom is 0.230 e. The Bertz CT molecular complexity index is 789. The standard InChI is InChI=1S/C16H12FN3OS/c17-13-6-2-1-5-12(13)14-10-22-16(19-14)20-15(21)8-11-4-3-7-18-9-11/h1-7,9-10H,8H2,(H,19,20,21). The van der Waals surface area contributed by atoms with Crippen LogP contribution in [0.2, 0.25) is 0 Å². The molecule has 0 radical (unpaired) electrons. The normalized spacial score (nSPS) is 10.4. The van der Waals surface area contributed by atoms with Gasteiger partial charge in [0.05, 0.1) is 12.1 Å². The fourth-order valence-corrected chi connectivity index (χ4v) is 2.70. The molecule has 22 heavy (non-hydrogen) atoms. The second-order valence-corrected chi connectivity index (χ2v) is 5.46. The van der Waals surface area contributed by atoms with Gasteiger partial charge in [-0.15, -0.1) is 11.3 Å². The Kier molecular flexibility index (Phi) is 4.20. The molecule has 2 heterocycles. The molecule has 0 spiro atoms. The van der Waals surface area contributed by atoms with E-state index in [4.69, 9.17) is 0 Å². The van der Waals surface area contributed by atoms with Crippen molar-refractivity contribution in [3.05, 3.63) is 65.6 Å². The molecule has 0 aliphatic heterocycles. The third-order valence-electron chi connectivity index (χ3n) is 2.99. The van der Waals surface area contributed by atoms with Gasteiger partial charge in [0.1, 0.15) is 5.82 Å². The van der Waals surface area contributed by atoms with Gasteiger partial charge >= 0.3 is 0 Å². The van der Waals surface area contributed by atoms with Gasteiger partial charge in [-0.3, -0.25) is 9.78 Å². The van der Waals surface area contributed by atoms with Crippen molar-refractivity contribution in [2.75, 3.05) is 5.32 Å². The number of amides is 1. The van der Waals surface area contributed by atoms with Crippen molar-refractivity contribution in [2.24, 2.45) is 0 Å². The maximum absolute atomic E-state index is 13.7. The van der Waals surface area contributed by atoms with Crippen molar-refractivity contribution in [3.8, 4) is 11.3 Å². The van der Waals surface area contributed by atoms with Crippen LogP contribution in [0.4, 0.5) is 9.52 Å². The number of hydrogen-bond acceptors (Lipinski definition) is 4. The van der Waals surface area contributed by atoms with Crippen LogP contribution in [0.3, 0.4) is 0 Å². The highest BCUT2D eigenvalue weighted by atomic mass is 32.1. The smallest absolute Gasteiger partial charge is 0.230 e. The van der Waals surface area contributed by atoms with Crippen LogP contribution in [-0.2, 0) is 11.2 Å². The average molecular weight is 313 g/mol. The molecule has 0 bridgehead atoms. The number of benzene rings is 1. The van der Waals surface area contributed by atoms with E-state index < -0.39 is 0 Å². The Morgan fingerprint density at radius 2 is 2.09 bits per heavy atom. The Hall–Kier alpha value is -2.60. The summed E-state index contributed by atoms with van der Waals surface area (Å²) in [4.78, 5) is 20.2. The second-order valence-electron chi connectivity index (χ2n) is 4.60. The van der Waals surface area contributed by atoms with E-state index in [0.29, 0.717) is 16.4 Å². The van der Waals surface area contributed by atoms with Crippen molar-refractivity contribution in [1.29, 1.82) is 0 Å². The van der Waals surface area contributed by atoms with Crippen molar-refractivity contribution in [2.45, 2.75) is 6.42 Å². The summed E-state index contributed by atoms with van der Waals surface area (Å²) in [6.07, 6.45) is 3.53. The SMILES string of the molecule is O=C(Cc1cccnc1)Nc1nc(-c2ccccc2F)cs1. The van der Waals surface area contributed by atoms with Gasteiger partial charge in [0.15, 0.2) is 5.13 Å². The molecule has 1 amide bonds. The van der Waals surface area contributed by atoms with Crippen LogP contribution < -0.4 is 5.32 Å². The van der Waals surface area contributed by atoms with Gasteiger partial charge in [0.25, 0.3) is 0 Å². The highest BCUT2D eigenvalue weighted by Crippen LogP contribution is 2.26. The summed E-state index contributed by atoms with van der Waals surface area (Å²) in [5.41, 5.74) is 1.76. The Morgan fingerprint density at radius 1 is 1.23 bits per heavy atom. The third kappa shape index (κ3) is 3.35. The first kappa shape index (κ1) is 14.3. The molecule has 3 aromatic rings. The molecule has 3 rings (SSSR count). The Labute approximate surface area is 130 Å². The van der Waals surface area contributed by atoms with Gasteiger partial charge < -0.3 is 5.32 Å². The van der Waals surface area contributed by atoms with Crippen LogP contribution in [0.1, 0.15) is 5.56 Å². The first-order chi connectivity index (χ1) is 10.7. The van der Waals surface area contributed by atoms with Gasteiger partial charge in [0, 0.05) is 23.3 Å². The lowest BCUT2D eigenvalue weighted by molar-refractivity contribution is -0.115. The number of hydrogen-bond donors (Lipinski definition) is 1. The summed E-state index contributed by atoms with van der Waals surface area (Å²) in [6.45, 7) is 0. The number of carbonyl (C=O) groups excluding carboxylic acids is 1. The molecular formula is C16H12FN3OS. The van der Waals surface area contributed by atoms with Crippen LogP contribution in [0.25, 0.3) is 11.3 Å². The summed E-state index contributed by atoms with van der Waals surface area (Å²) in [7, 11) is 0. The van der Waals surface area contributed by atoms with Gasteiger partial charge in [-0.1, -0.05) is 18.2 Å². The average Bonchev–Trinajstić information content (AvgIpc) is 2.97. The van der Waals surface area contributed by atoms with Crippen molar-refractivity contribution in [1.82, 2.24) is 9.97 Å². The summed E-state index contributed by atoms with van der Waals surface area (Å²) < 4.78 is 13.7. The molecule has 0 aliphatic carbocycles. The van der Waals surface area contributed by atoms with E-state index in [0.717, 1.165) is 5.56 Å². The first-order valence-electron chi connectivity index (χ1n) is 6.61. The number of anilines is 1. The summed E-state index contributed by atoms with van der Waals surface area (Å²) in [6, 6.07) is 10.0. The van der Waals surface area contributed by atoms with E-state index in [2.05, 4.69) is 15.3 Å². The molecule has 0 aliphatic rings. The van der Waals surface area contributed by atoms with E-state index in [-0.39, 0.29) is 18.1 Å². The topological polar surface area (TPSA) is 54.9 Å². The number of nitrogens with one attached hydrogen (secondary N) is 1. The number of nitrogens with zero attached hydrogens (tertiary/aromatic N) is 2. The largest absolute Gasteiger partial charge is 0.302 e. The van der Waals surface area contributed by atoms with Gasteiger partial charge in [-0.2, -0.15) is 0 Å². The monoisotopic (exact) mass is 313 g/mol. The minimum absolute atomic E-state index is 0.178. The fraction of sp³-hybridized carbons (Fsp3) is 0.0625. The third-order valence-corrected chi connectivity index (χ3v) is 3.75. The minimum atomic E-state index is -0.332. The van der Waals surface area contributed by atoms with Crippen LogP contribution in [0.15, 0.2) is 54.2 Å². The molecule has 0 saturated heterocycles. The molecule has 0 fully saturated rings. The lowest BCUT2D eigenvalue weighted by Crippen LogP contribution is -2.14. The lowest BCUT2D eigenvalue weighted by atomic mass is 10.2. The zero-order valence-electron chi connectivity index (χ0n) is 11.5. The highest BCUT2D eigenvalue weighted by molar-refractivity contribution is 7.14. The number of thiazole rings is 1. The summed E-state index contributed by atoms with van der Waals surface area (Å²) >= 11 is 1.27. The number of carbonyl (C=O) groups is 1. The zero-order chi connectivity index (χ0) is 15.4. The van der Waals surface area contributed by atoms with Crippen molar-refractivity contribution in [3.63, 3.8) is 0 Å². The summed E-state index contributed by atoms with van der Waals surface area (Å²) in [5, 5.41) is 4.89. The van der Waals surface area contributed by atoms with Gasteiger partial charge in [-0.05, 0) is 23.8 Å². The minimum Gasteiger partial charge on any atom is -0.302 e. The quantitative estimate of drug-likeness (QED) is 0.801. The molecule has 4 nitrogen and oxygen atoms in total. The van der Waals surface area contributed by atoms with E-state index in [9.17, 15) is 9.18 Å². The Morgan fingerprint density at radius 3 is 2.86 bits per heavy atom. The fourth-order valence-electron chi connectivity index (χ4n) is 1.98. The predicted octanol–water partition coefficient (Wildman–Crippen LogP) is 3.53. The van der Waals surface area contributed by atoms with Crippen LogP contribution in [0.5, 0.6) is 0 Å². The van der Waals surface area contributed by atoms with Gasteiger partial charge in [0.2, 0.25) is 5.91 Å².